The lowest BCUT2D eigenvalue weighted by atomic mass is 10.0. The van der Waals surface area contributed by atoms with Crippen molar-refractivity contribution in [3.05, 3.63) is 99.8 Å². The van der Waals surface area contributed by atoms with E-state index in [0.29, 0.717) is 38.7 Å². The van der Waals surface area contributed by atoms with Crippen LogP contribution in [0.3, 0.4) is 0 Å². The monoisotopic (exact) mass is 508 g/mol. The second kappa shape index (κ2) is 9.62. The van der Waals surface area contributed by atoms with Gasteiger partial charge in [-0.1, -0.05) is 95.6 Å². The Kier molecular flexibility index (Phi) is 6.41. The Morgan fingerprint density at radius 1 is 0.912 bits per heavy atom. The van der Waals surface area contributed by atoms with E-state index >= 15 is 0 Å². The second-order valence-electron chi connectivity index (χ2n) is 7.77. The number of carboxylic acids is 1. The summed E-state index contributed by atoms with van der Waals surface area (Å²) in [5, 5.41) is 23.7. The minimum absolute atomic E-state index is 0.104. The highest BCUT2D eigenvalue weighted by atomic mass is 35.5. The lowest BCUT2D eigenvalue weighted by Gasteiger charge is -2.22. The average Bonchev–Trinajstić information content (AvgIpc) is 3.22. The van der Waals surface area contributed by atoms with Gasteiger partial charge in [0.15, 0.2) is 5.82 Å². The van der Waals surface area contributed by atoms with Gasteiger partial charge in [0.2, 0.25) is 5.16 Å². The molecule has 1 aliphatic heterocycles. The fourth-order valence-corrected chi connectivity index (χ4v) is 5.17. The van der Waals surface area contributed by atoms with Crippen molar-refractivity contribution in [2.45, 2.75) is 23.2 Å². The number of halogens is 2. The van der Waals surface area contributed by atoms with Gasteiger partial charge in [-0.25, -0.2) is 0 Å². The first-order valence-electron chi connectivity index (χ1n) is 10.5. The Bertz CT molecular complexity index is 1390. The van der Waals surface area contributed by atoms with Crippen LogP contribution in [0.25, 0.3) is 11.1 Å². The molecule has 4 aromatic rings. The van der Waals surface area contributed by atoms with E-state index in [0.717, 1.165) is 16.7 Å². The second-order valence-corrected chi connectivity index (χ2v) is 9.75. The fraction of sp³-hybridized carbons (Fsp3) is 0.120. The predicted octanol–water partition coefficient (Wildman–Crippen LogP) is 6.04. The Morgan fingerprint density at radius 2 is 1.62 bits per heavy atom. The van der Waals surface area contributed by atoms with Gasteiger partial charge in [0.1, 0.15) is 0 Å². The molecule has 0 amide bonds. The molecule has 5 rings (SSSR count). The van der Waals surface area contributed by atoms with E-state index < -0.39 is 11.2 Å². The smallest absolute Gasteiger partial charge is 0.304 e. The molecule has 0 saturated heterocycles. The Balaban J connectivity index is 1.46. The minimum Gasteiger partial charge on any atom is -0.481 e. The van der Waals surface area contributed by atoms with Crippen LogP contribution in [0, 0.1) is 0 Å². The molecule has 9 heteroatoms. The normalized spacial score (nSPS) is 15.0. The maximum absolute atomic E-state index is 11.5. The molecule has 34 heavy (non-hydrogen) atoms. The molecule has 0 saturated carbocycles. The highest BCUT2D eigenvalue weighted by Crippen LogP contribution is 2.34. The first kappa shape index (κ1) is 22.7. The van der Waals surface area contributed by atoms with E-state index in [1.165, 1.54) is 11.8 Å². The van der Waals surface area contributed by atoms with Gasteiger partial charge in [0, 0.05) is 12.0 Å². The van der Waals surface area contributed by atoms with Crippen molar-refractivity contribution in [1.29, 1.82) is 0 Å². The highest BCUT2D eigenvalue weighted by Gasteiger charge is 2.30. The zero-order valence-corrected chi connectivity index (χ0v) is 20.1. The predicted molar refractivity (Wildman–Crippen MR) is 135 cm³/mol. The number of carboxylic acid groups (broad SMARTS) is 1. The largest absolute Gasteiger partial charge is 0.481 e. The van der Waals surface area contributed by atoms with Crippen molar-refractivity contribution in [2.24, 2.45) is 5.10 Å². The molecule has 0 radical (unpaired) electrons. The summed E-state index contributed by atoms with van der Waals surface area (Å²) in [6.07, 6.45) is 0.428. The molecule has 0 aliphatic carbocycles. The van der Waals surface area contributed by atoms with Gasteiger partial charge in [0.05, 0.1) is 27.4 Å². The maximum atomic E-state index is 11.5. The van der Waals surface area contributed by atoms with Crippen LogP contribution in [0.1, 0.15) is 23.4 Å². The number of carbonyl (C=O) groups is 1. The van der Waals surface area contributed by atoms with Crippen molar-refractivity contribution in [2.75, 3.05) is 0 Å². The number of aliphatic carboxylic acids is 1. The number of fused-ring (bicyclic) bond motifs is 1. The molecule has 0 spiro atoms. The number of nitrogens with zero attached hydrogens (tertiary/aromatic N) is 4. The van der Waals surface area contributed by atoms with Crippen LogP contribution in [0.4, 0.5) is 0 Å². The third-order valence-electron chi connectivity index (χ3n) is 5.44. The Morgan fingerprint density at radius 3 is 2.32 bits per heavy atom. The molecule has 1 N–H and O–H groups in total. The van der Waals surface area contributed by atoms with Crippen molar-refractivity contribution >= 4 is 46.6 Å². The molecule has 1 aliphatic rings. The summed E-state index contributed by atoms with van der Waals surface area (Å²) in [5.41, 5.74) is 4.67. The van der Waals surface area contributed by atoms with Gasteiger partial charge in [-0.15, -0.1) is 10.2 Å². The van der Waals surface area contributed by atoms with E-state index in [2.05, 4.69) is 46.6 Å². The topological polar surface area (TPSA) is 80.4 Å². The molecule has 0 fully saturated rings. The number of benzene rings is 3. The van der Waals surface area contributed by atoms with Crippen molar-refractivity contribution < 1.29 is 9.90 Å². The van der Waals surface area contributed by atoms with E-state index in [1.54, 1.807) is 22.9 Å². The lowest BCUT2D eigenvalue weighted by Crippen LogP contribution is -2.27. The number of rotatable bonds is 6. The van der Waals surface area contributed by atoms with Crippen molar-refractivity contribution in [1.82, 2.24) is 14.9 Å². The molecule has 0 bridgehead atoms. The van der Waals surface area contributed by atoms with E-state index in [4.69, 9.17) is 28.3 Å². The van der Waals surface area contributed by atoms with Gasteiger partial charge in [-0.05, 0) is 28.8 Å². The van der Waals surface area contributed by atoms with Crippen molar-refractivity contribution in [3.8, 4) is 11.1 Å². The summed E-state index contributed by atoms with van der Waals surface area (Å²) in [6.45, 7) is 0. The first-order valence-corrected chi connectivity index (χ1v) is 12.1. The molecule has 1 atom stereocenters. The molecule has 1 unspecified atom stereocenters. The van der Waals surface area contributed by atoms with Gasteiger partial charge in [-0.2, -0.15) is 9.78 Å². The van der Waals surface area contributed by atoms with Crippen LogP contribution in [0.2, 0.25) is 10.0 Å². The van der Waals surface area contributed by atoms with Gasteiger partial charge >= 0.3 is 5.97 Å². The Hall–Kier alpha value is -3.13. The van der Waals surface area contributed by atoms with Gasteiger partial charge in [0.25, 0.3) is 0 Å². The van der Waals surface area contributed by atoms with Crippen molar-refractivity contribution in [3.63, 3.8) is 0 Å². The Labute approximate surface area is 210 Å². The van der Waals surface area contributed by atoms with E-state index in [1.807, 2.05) is 18.2 Å². The van der Waals surface area contributed by atoms with Crippen LogP contribution in [0.15, 0.2) is 83.1 Å². The summed E-state index contributed by atoms with van der Waals surface area (Å²) in [5.74, 6) is -0.252. The lowest BCUT2D eigenvalue weighted by molar-refractivity contribution is -0.136. The molecular weight excluding hydrogens is 491 g/mol. The van der Waals surface area contributed by atoms with Crippen LogP contribution in [-0.2, 0) is 11.2 Å². The van der Waals surface area contributed by atoms with Crippen LogP contribution >= 0.6 is 35.0 Å². The number of hydrogen-bond acceptors (Lipinski definition) is 5. The molecular formula is C25H18Cl2N4O2S. The minimum atomic E-state index is -0.919. The summed E-state index contributed by atoms with van der Waals surface area (Å²) < 4.78 is 1.69. The summed E-state index contributed by atoms with van der Waals surface area (Å²) in [6, 6.07) is 23.7. The summed E-state index contributed by atoms with van der Waals surface area (Å²) >= 11 is 13.6. The van der Waals surface area contributed by atoms with Crippen LogP contribution in [0.5, 0.6) is 0 Å². The average molecular weight is 509 g/mol. The molecule has 170 valence electrons. The summed E-state index contributed by atoms with van der Waals surface area (Å²) in [4.78, 5) is 11.5. The zero-order chi connectivity index (χ0) is 23.7. The number of thioether (sulfide) groups is 1. The SMILES string of the molecule is O=C(O)CC1Sc2nnc(Cc3ccc(-c4ccccc4)cc3)n2N=C1c1ccc(Cl)c(Cl)c1. The van der Waals surface area contributed by atoms with E-state index in [-0.39, 0.29) is 6.42 Å². The quantitative estimate of drug-likeness (QED) is 0.343. The molecule has 1 aromatic heterocycles. The van der Waals surface area contributed by atoms with Gasteiger partial charge in [-0.3, -0.25) is 4.79 Å². The summed E-state index contributed by atoms with van der Waals surface area (Å²) in [7, 11) is 0. The van der Waals surface area contributed by atoms with E-state index in [9.17, 15) is 9.90 Å². The van der Waals surface area contributed by atoms with Crippen LogP contribution < -0.4 is 0 Å². The fourth-order valence-electron chi connectivity index (χ4n) is 3.76. The molecule has 3 aromatic carbocycles. The standard InChI is InChI=1S/C25H18Cl2N4O2S/c26-19-11-10-18(13-20(19)27)24-21(14-23(32)33)34-25-29-28-22(31(25)30-24)12-15-6-8-17(9-7-15)16-4-2-1-3-5-16/h1-11,13,21H,12,14H2,(H,32,33). The zero-order valence-electron chi connectivity index (χ0n) is 17.7. The van der Waals surface area contributed by atoms with Gasteiger partial charge < -0.3 is 5.11 Å². The first-order chi connectivity index (χ1) is 16.5. The molecule has 2 heterocycles. The maximum Gasteiger partial charge on any atom is 0.304 e. The number of hydrogen-bond donors (Lipinski definition) is 1. The third kappa shape index (κ3) is 4.73. The molecule has 6 nitrogen and oxygen atoms in total. The third-order valence-corrected chi connectivity index (χ3v) is 7.31. The highest BCUT2D eigenvalue weighted by molar-refractivity contribution is 8.00. The van der Waals surface area contributed by atoms with Crippen LogP contribution in [-0.4, -0.2) is 36.9 Å². The number of aromatic nitrogens is 3.